The van der Waals surface area contributed by atoms with Crippen molar-refractivity contribution in [1.29, 1.82) is 0 Å². The second-order valence-electron chi connectivity index (χ2n) is 3.42. The Morgan fingerprint density at radius 1 is 1.29 bits per heavy atom. The molecule has 1 amide bonds. The molecule has 0 aromatic rings. The van der Waals surface area contributed by atoms with Crippen LogP contribution in [-0.2, 0) is 14.4 Å². The zero-order valence-corrected chi connectivity index (χ0v) is 8.53. The van der Waals surface area contributed by atoms with Crippen LogP contribution in [0, 0.1) is 5.92 Å². The SMILES string of the molecule is CC(=O)N[C@@H](CC(=O)C(C)C)C(=O)O. The van der Waals surface area contributed by atoms with E-state index in [1.165, 1.54) is 6.92 Å². The maximum Gasteiger partial charge on any atom is 0.326 e. The number of nitrogens with one attached hydrogen (secondary N) is 1. The Hall–Kier alpha value is -1.39. The second kappa shape index (κ2) is 5.36. The quantitative estimate of drug-likeness (QED) is 0.665. The molecule has 5 heteroatoms. The standard InChI is InChI=1S/C9H15NO4/c1-5(2)8(12)4-7(9(13)14)10-6(3)11/h5,7H,4H2,1-3H3,(H,10,11)(H,13,14)/t7-/m0/s1. The van der Waals surface area contributed by atoms with Crippen LogP contribution in [0.15, 0.2) is 0 Å². The van der Waals surface area contributed by atoms with Crippen LogP contribution in [0.2, 0.25) is 0 Å². The third kappa shape index (κ3) is 4.59. The van der Waals surface area contributed by atoms with Gasteiger partial charge in [0.25, 0.3) is 0 Å². The van der Waals surface area contributed by atoms with Crippen molar-refractivity contribution in [2.45, 2.75) is 33.2 Å². The van der Waals surface area contributed by atoms with Crippen molar-refractivity contribution in [1.82, 2.24) is 5.32 Å². The summed E-state index contributed by atoms with van der Waals surface area (Å²) in [5, 5.41) is 10.9. The Kier molecular flexibility index (Phi) is 4.83. The zero-order chi connectivity index (χ0) is 11.3. The molecule has 80 valence electrons. The van der Waals surface area contributed by atoms with Crippen LogP contribution >= 0.6 is 0 Å². The summed E-state index contributed by atoms with van der Waals surface area (Å²) in [5.74, 6) is -2.03. The molecule has 5 nitrogen and oxygen atoms in total. The summed E-state index contributed by atoms with van der Waals surface area (Å²) >= 11 is 0. The van der Waals surface area contributed by atoms with Gasteiger partial charge in [0.1, 0.15) is 11.8 Å². The number of carboxylic acid groups (broad SMARTS) is 1. The van der Waals surface area contributed by atoms with Gasteiger partial charge >= 0.3 is 5.97 Å². The summed E-state index contributed by atoms with van der Waals surface area (Å²) in [6.45, 7) is 4.60. The van der Waals surface area contributed by atoms with Crippen LogP contribution in [0.1, 0.15) is 27.2 Å². The van der Waals surface area contributed by atoms with E-state index in [-0.39, 0.29) is 18.1 Å². The van der Waals surface area contributed by atoms with Gasteiger partial charge < -0.3 is 10.4 Å². The average Bonchev–Trinajstić information content (AvgIpc) is 2.01. The summed E-state index contributed by atoms with van der Waals surface area (Å²) < 4.78 is 0. The molecule has 14 heavy (non-hydrogen) atoms. The van der Waals surface area contributed by atoms with E-state index in [4.69, 9.17) is 5.11 Å². The van der Waals surface area contributed by atoms with E-state index in [1.54, 1.807) is 13.8 Å². The Balaban J connectivity index is 4.31. The lowest BCUT2D eigenvalue weighted by atomic mass is 10.0. The first-order valence-corrected chi connectivity index (χ1v) is 4.37. The number of carbonyl (C=O) groups is 3. The van der Waals surface area contributed by atoms with E-state index >= 15 is 0 Å². The number of amides is 1. The summed E-state index contributed by atoms with van der Waals surface area (Å²) in [6.07, 6.45) is -0.160. The van der Waals surface area contributed by atoms with E-state index in [2.05, 4.69) is 5.32 Å². The number of ketones is 1. The van der Waals surface area contributed by atoms with Crippen molar-refractivity contribution in [3.63, 3.8) is 0 Å². The maximum absolute atomic E-state index is 11.2. The van der Waals surface area contributed by atoms with Crippen LogP contribution in [0.5, 0.6) is 0 Å². The van der Waals surface area contributed by atoms with Gasteiger partial charge in [0.15, 0.2) is 0 Å². The van der Waals surface area contributed by atoms with Gasteiger partial charge in [0.05, 0.1) is 0 Å². The minimum absolute atomic E-state index is 0.160. The van der Waals surface area contributed by atoms with Crippen molar-refractivity contribution in [2.75, 3.05) is 0 Å². The highest BCUT2D eigenvalue weighted by Crippen LogP contribution is 2.02. The normalized spacial score (nSPS) is 12.3. The third-order valence-electron chi connectivity index (χ3n) is 1.72. The van der Waals surface area contributed by atoms with Crippen LogP contribution in [0.4, 0.5) is 0 Å². The predicted octanol–water partition coefficient (Wildman–Crippen LogP) is 0.191. The number of hydrogen-bond acceptors (Lipinski definition) is 3. The highest BCUT2D eigenvalue weighted by Gasteiger charge is 2.22. The number of rotatable bonds is 5. The van der Waals surface area contributed by atoms with Gasteiger partial charge in [-0.3, -0.25) is 9.59 Å². The molecular formula is C9H15NO4. The lowest BCUT2D eigenvalue weighted by molar-refractivity contribution is -0.143. The minimum atomic E-state index is -1.19. The predicted molar refractivity (Wildman–Crippen MR) is 49.7 cm³/mol. The molecule has 0 saturated carbocycles. The average molecular weight is 201 g/mol. The minimum Gasteiger partial charge on any atom is -0.480 e. The first-order chi connectivity index (χ1) is 6.34. The summed E-state index contributed by atoms with van der Waals surface area (Å²) in [6, 6.07) is -1.11. The fourth-order valence-corrected chi connectivity index (χ4v) is 0.882. The molecule has 0 rings (SSSR count). The number of aliphatic carboxylic acids is 1. The highest BCUT2D eigenvalue weighted by atomic mass is 16.4. The molecular weight excluding hydrogens is 186 g/mol. The van der Waals surface area contributed by atoms with E-state index in [1.807, 2.05) is 0 Å². The first kappa shape index (κ1) is 12.6. The molecule has 0 aliphatic rings. The van der Waals surface area contributed by atoms with Gasteiger partial charge in [0.2, 0.25) is 5.91 Å². The van der Waals surface area contributed by atoms with Crippen LogP contribution in [-0.4, -0.2) is 28.8 Å². The Labute approximate surface area is 82.5 Å². The third-order valence-corrected chi connectivity index (χ3v) is 1.72. The molecule has 0 aromatic heterocycles. The number of carboxylic acids is 1. The lowest BCUT2D eigenvalue weighted by Crippen LogP contribution is -2.41. The van der Waals surface area contributed by atoms with Crippen molar-refractivity contribution in [3.05, 3.63) is 0 Å². The molecule has 0 saturated heterocycles. The molecule has 2 N–H and O–H groups in total. The smallest absolute Gasteiger partial charge is 0.326 e. The van der Waals surface area contributed by atoms with Crippen molar-refractivity contribution in [2.24, 2.45) is 5.92 Å². The molecule has 0 heterocycles. The molecule has 0 aromatic carbocycles. The highest BCUT2D eigenvalue weighted by molar-refractivity contribution is 5.89. The van der Waals surface area contributed by atoms with Crippen LogP contribution in [0.25, 0.3) is 0 Å². The summed E-state index contributed by atoms with van der Waals surface area (Å²) in [7, 11) is 0. The molecule has 0 unspecified atom stereocenters. The van der Waals surface area contributed by atoms with E-state index in [0.29, 0.717) is 0 Å². The Morgan fingerprint density at radius 3 is 2.07 bits per heavy atom. The van der Waals surface area contributed by atoms with Crippen LogP contribution in [0.3, 0.4) is 0 Å². The van der Waals surface area contributed by atoms with Gasteiger partial charge in [-0.15, -0.1) is 0 Å². The van der Waals surface area contributed by atoms with Crippen LogP contribution < -0.4 is 5.32 Å². The van der Waals surface area contributed by atoms with E-state index in [9.17, 15) is 14.4 Å². The summed E-state index contributed by atoms with van der Waals surface area (Å²) in [5.41, 5.74) is 0. The van der Waals surface area contributed by atoms with Gasteiger partial charge in [-0.2, -0.15) is 0 Å². The topological polar surface area (TPSA) is 83.5 Å². The van der Waals surface area contributed by atoms with Crippen molar-refractivity contribution >= 4 is 17.7 Å². The number of Topliss-reactive ketones (excluding diaryl/α,β-unsaturated/α-hetero) is 1. The molecule has 0 radical (unpaired) electrons. The zero-order valence-electron chi connectivity index (χ0n) is 8.53. The first-order valence-electron chi connectivity index (χ1n) is 4.37. The molecule has 0 spiro atoms. The van der Waals surface area contributed by atoms with E-state index in [0.717, 1.165) is 0 Å². The number of carbonyl (C=O) groups excluding carboxylic acids is 2. The lowest BCUT2D eigenvalue weighted by Gasteiger charge is -2.13. The maximum atomic E-state index is 11.2. The fourth-order valence-electron chi connectivity index (χ4n) is 0.882. The van der Waals surface area contributed by atoms with Gasteiger partial charge in [-0.1, -0.05) is 13.8 Å². The monoisotopic (exact) mass is 201 g/mol. The van der Waals surface area contributed by atoms with Gasteiger partial charge in [0, 0.05) is 19.3 Å². The summed E-state index contributed by atoms with van der Waals surface area (Å²) in [4.78, 5) is 32.5. The molecule has 0 fully saturated rings. The Bertz CT molecular complexity index is 247. The van der Waals surface area contributed by atoms with Gasteiger partial charge in [-0.25, -0.2) is 4.79 Å². The molecule has 0 aliphatic heterocycles. The largest absolute Gasteiger partial charge is 0.480 e. The van der Waals surface area contributed by atoms with Crippen molar-refractivity contribution < 1.29 is 19.5 Å². The van der Waals surface area contributed by atoms with E-state index < -0.39 is 17.9 Å². The number of hydrogen-bond donors (Lipinski definition) is 2. The second-order valence-corrected chi connectivity index (χ2v) is 3.42. The molecule has 0 aliphatic carbocycles. The van der Waals surface area contributed by atoms with Gasteiger partial charge in [-0.05, 0) is 0 Å². The Morgan fingerprint density at radius 2 is 1.79 bits per heavy atom. The molecule has 1 atom stereocenters. The fraction of sp³-hybridized carbons (Fsp3) is 0.667. The van der Waals surface area contributed by atoms with Crippen molar-refractivity contribution in [3.8, 4) is 0 Å². The molecule has 0 bridgehead atoms.